The summed E-state index contributed by atoms with van der Waals surface area (Å²) in [6, 6.07) is 6.98. The third kappa shape index (κ3) is 4.77. The van der Waals surface area contributed by atoms with Crippen molar-refractivity contribution in [1.29, 1.82) is 0 Å². The summed E-state index contributed by atoms with van der Waals surface area (Å²) < 4.78 is 6.67. The standard InChI is InChI=1S/C22H24N4O4S/c1-2-30-15-9-7-14(8-10-15)25-18(27)11-23-19(28)12-26-13-24-21-20(22(26)29)16-5-3-4-6-17(16)31-21/h7-10,13H,2-6,11-12H2,1H3,(H,23,28)(H,25,27). The van der Waals surface area contributed by atoms with Gasteiger partial charge in [-0.05, 0) is 62.4 Å². The normalized spacial score (nSPS) is 12.9. The van der Waals surface area contributed by atoms with Crippen LogP contribution < -0.4 is 20.9 Å². The third-order valence-electron chi connectivity index (χ3n) is 5.15. The van der Waals surface area contributed by atoms with Crippen LogP contribution in [0.25, 0.3) is 10.2 Å². The van der Waals surface area contributed by atoms with Crippen molar-refractivity contribution in [3.05, 3.63) is 51.4 Å². The second-order valence-electron chi connectivity index (χ2n) is 7.35. The predicted octanol–water partition coefficient (Wildman–Crippen LogP) is 2.49. The van der Waals surface area contributed by atoms with E-state index in [1.165, 1.54) is 15.8 Å². The first-order chi connectivity index (χ1) is 15.0. The van der Waals surface area contributed by atoms with E-state index in [-0.39, 0.29) is 24.6 Å². The van der Waals surface area contributed by atoms with Crippen LogP contribution in [0.5, 0.6) is 5.75 Å². The van der Waals surface area contributed by atoms with Gasteiger partial charge in [0.25, 0.3) is 5.56 Å². The van der Waals surface area contributed by atoms with Gasteiger partial charge in [0, 0.05) is 10.6 Å². The Bertz CT molecular complexity index is 1170. The highest BCUT2D eigenvalue weighted by atomic mass is 32.1. The largest absolute Gasteiger partial charge is 0.494 e. The fourth-order valence-corrected chi connectivity index (χ4v) is 4.91. The van der Waals surface area contributed by atoms with E-state index in [1.807, 2.05) is 6.92 Å². The maximum atomic E-state index is 12.9. The van der Waals surface area contributed by atoms with Crippen molar-refractivity contribution in [2.75, 3.05) is 18.5 Å². The molecular formula is C22H24N4O4S. The smallest absolute Gasteiger partial charge is 0.262 e. The van der Waals surface area contributed by atoms with Crippen molar-refractivity contribution in [2.45, 2.75) is 39.2 Å². The van der Waals surface area contributed by atoms with Crippen molar-refractivity contribution >= 4 is 39.1 Å². The number of nitrogens with one attached hydrogen (secondary N) is 2. The molecule has 0 radical (unpaired) electrons. The molecule has 162 valence electrons. The Balaban J connectivity index is 1.35. The zero-order chi connectivity index (χ0) is 21.8. The Morgan fingerprint density at radius 3 is 2.71 bits per heavy atom. The highest BCUT2D eigenvalue weighted by Gasteiger charge is 2.20. The Kier molecular flexibility index (Phi) is 6.31. The lowest BCUT2D eigenvalue weighted by Gasteiger charge is -2.11. The molecule has 0 spiro atoms. The van der Waals surface area contributed by atoms with Crippen LogP contribution >= 0.6 is 11.3 Å². The summed E-state index contributed by atoms with van der Waals surface area (Å²) in [6.45, 7) is 2.10. The minimum absolute atomic E-state index is 0.178. The van der Waals surface area contributed by atoms with Gasteiger partial charge in [-0.1, -0.05) is 0 Å². The van der Waals surface area contributed by atoms with Crippen LogP contribution in [0.2, 0.25) is 0 Å². The van der Waals surface area contributed by atoms with Crippen molar-refractivity contribution in [1.82, 2.24) is 14.9 Å². The molecule has 0 unspecified atom stereocenters. The quantitative estimate of drug-likeness (QED) is 0.588. The average molecular weight is 441 g/mol. The lowest BCUT2D eigenvalue weighted by Crippen LogP contribution is -2.37. The van der Waals surface area contributed by atoms with Crippen LogP contribution in [0.4, 0.5) is 5.69 Å². The first-order valence-corrected chi connectivity index (χ1v) is 11.2. The molecule has 8 nitrogen and oxygen atoms in total. The predicted molar refractivity (Wildman–Crippen MR) is 120 cm³/mol. The number of hydrogen-bond acceptors (Lipinski definition) is 6. The van der Waals surface area contributed by atoms with Crippen LogP contribution in [-0.2, 0) is 29.0 Å². The van der Waals surface area contributed by atoms with Gasteiger partial charge < -0.3 is 15.4 Å². The van der Waals surface area contributed by atoms with Gasteiger partial charge in [0.15, 0.2) is 0 Å². The highest BCUT2D eigenvalue weighted by molar-refractivity contribution is 7.18. The molecule has 1 aliphatic rings. The average Bonchev–Trinajstić information content (AvgIpc) is 3.15. The molecule has 2 N–H and O–H groups in total. The van der Waals surface area contributed by atoms with Gasteiger partial charge >= 0.3 is 0 Å². The van der Waals surface area contributed by atoms with Crippen molar-refractivity contribution < 1.29 is 14.3 Å². The molecule has 3 aromatic rings. The van der Waals surface area contributed by atoms with Gasteiger partial charge in [-0.25, -0.2) is 4.98 Å². The number of nitrogens with zero attached hydrogens (tertiary/aromatic N) is 2. The van der Waals surface area contributed by atoms with E-state index in [2.05, 4.69) is 15.6 Å². The second-order valence-corrected chi connectivity index (χ2v) is 8.43. The number of aryl methyl sites for hydroxylation is 2. The molecule has 0 fully saturated rings. The number of ether oxygens (including phenoxy) is 1. The number of rotatable bonds is 7. The molecule has 31 heavy (non-hydrogen) atoms. The summed E-state index contributed by atoms with van der Waals surface area (Å²) in [6.07, 6.45) is 5.48. The fraction of sp³-hybridized carbons (Fsp3) is 0.364. The Morgan fingerprint density at radius 2 is 1.94 bits per heavy atom. The summed E-state index contributed by atoms with van der Waals surface area (Å²) in [4.78, 5) is 43.7. The molecule has 9 heteroatoms. The summed E-state index contributed by atoms with van der Waals surface area (Å²) in [7, 11) is 0. The molecule has 0 saturated heterocycles. The fourth-order valence-electron chi connectivity index (χ4n) is 3.69. The minimum Gasteiger partial charge on any atom is -0.494 e. The summed E-state index contributed by atoms with van der Waals surface area (Å²) in [5.74, 6) is -0.0590. The van der Waals surface area contributed by atoms with E-state index >= 15 is 0 Å². The van der Waals surface area contributed by atoms with Gasteiger partial charge in [-0.3, -0.25) is 19.0 Å². The van der Waals surface area contributed by atoms with Crippen LogP contribution in [0.1, 0.15) is 30.2 Å². The number of thiophene rings is 1. The van der Waals surface area contributed by atoms with Gasteiger partial charge in [0.1, 0.15) is 17.1 Å². The van der Waals surface area contributed by atoms with Crippen LogP contribution in [0, 0.1) is 0 Å². The number of hydrogen-bond donors (Lipinski definition) is 2. The molecule has 4 rings (SSSR count). The number of carbonyl (C=O) groups excluding carboxylic acids is 2. The van der Waals surface area contributed by atoms with Crippen molar-refractivity contribution in [2.24, 2.45) is 0 Å². The van der Waals surface area contributed by atoms with Gasteiger partial charge in [0.05, 0.1) is 24.9 Å². The van der Waals surface area contributed by atoms with Crippen LogP contribution in [0.3, 0.4) is 0 Å². The molecule has 0 saturated carbocycles. The molecule has 2 aromatic heterocycles. The van der Waals surface area contributed by atoms with Gasteiger partial charge in [0.2, 0.25) is 11.8 Å². The molecular weight excluding hydrogens is 416 g/mol. The molecule has 0 bridgehead atoms. The van der Waals surface area contributed by atoms with Crippen molar-refractivity contribution in [3.63, 3.8) is 0 Å². The first-order valence-electron chi connectivity index (χ1n) is 10.3. The van der Waals surface area contributed by atoms with Crippen molar-refractivity contribution in [3.8, 4) is 5.75 Å². The number of anilines is 1. The highest BCUT2D eigenvalue weighted by Crippen LogP contribution is 2.33. The number of amides is 2. The molecule has 0 atom stereocenters. The lowest BCUT2D eigenvalue weighted by molar-refractivity contribution is -0.124. The number of carbonyl (C=O) groups is 2. The van der Waals surface area contributed by atoms with E-state index in [9.17, 15) is 14.4 Å². The summed E-state index contributed by atoms with van der Waals surface area (Å²) in [5, 5.41) is 5.90. The Labute approximate surface area is 183 Å². The van der Waals surface area contributed by atoms with Crippen LogP contribution in [0.15, 0.2) is 35.4 Å². The van der Waals surface area contributed by atoms with E-state index < -0.39 is 5.91 Å². The second kappa shape index (κ2) is 9.30. The maximum absolute atomic E-state index is 12.9. The van der Waals surface area contributed by atoms with Gasteiger partial charge in [-0.15, -0.1) is 11.3 Å². The van der Waals surface area contributed by atoms with E-state index in [0.29, 0.717) is 17.7 Å². The molecule has 2 amide bonds. The van der Waals surface area contributed by atoms with Crippen LogP contribution in [-0.4, -0.2) is 34.5 Å². The SMILES string of the molecule is CCOc1ccc(NC(=O)CNC(=O)Cn2cnc3sc4c(c3c2=O)CCCC4)cc1. The first kappa shape index (κ1) is 21.0. The number of benzene rings is 1. The maximum Gasteiger partial charge on any atom is 0.262 e. The zero-order valence-corrected chi connectivity index (χ0v) is 18.1. The molecule has 1 aromatic carbocycles. The minimum atomic E-state index is -0.422. The van der Waals surface area contributed by atoms with Gasteiger partial charge in [-0.2, -0.15) is 0 Å². The monoisotopic (exact) mass is 440 g/mol. The third-order valence-corrected chi connectivity index (χ3v) is 6.35. The van der Waals surface area contributed by atoms with E-state index in [4.69, 9.17) is 4.74 Å². The molecule has 2 heterocycles. The topological polar surface area (TPSA) is 102 Å². The zero-order valence-electron chi connectivity index (χ0n) is 17.3. The summed E-state index contributed by atoms with van der Waals surface area (Å²) >= 11 is 1.57. The molecule has 0 aliphatic heterocycles. The lowest BCUT2D eigenvalue weighted by atomic mass is 9.97. The Hall–Kier alpha value is -3.20. The number of fused-ring (bicyclic) bond motifs is 3. The molecule has 1 aliphatic carbocycles. The van der Waals surface area contributed by atoms with E-state index in [0.717, 1.165) is 41.8 Å². The number of aromatic nitrogens is 2. The Morgan fingerprint density at radius 1 is 1.16 bits per heavy atom. The summed E-state index contributed by atoms with van der Waals surface area (Å²) in [5.41, 5.74) is 1.50. The van der Waals surface area contributed by atoms with E-state index in [1.54, 1.807) is 35.6 Å².